The van der Waals surface area contributed by atoms with Crippen LogP contribution in [0, 0.1) is 0 Å². The molecule has 1 aliphatic carbocycles. The Morgan fingerprint density at radius 1 is 0.778 bits per heavy atom. The molecule has 0 aromatic heterocycles. The minimum Gasteiger partial charge on any atom is -0.343 e. The van der Waals surface area contributed by atoms with Gasteiger partial charge in [0, 0.05) is 30.6 Å². The molecule has 8 nitrogen and oxygen atoms in total. The van der Waals surface area contributed by atoms with E-state index in [4.69, 9.17) is 0 Å². The van der Waals surface area contributed by atoms with Crippen LogP contribution in [0.4, 0.5) is 0 Å². The lowest BCUT2D eigenvalue weighted by Gasteiger charge is -2.38. The third-order valence-corrected chi connectivity index (χ3v) is 13.0. The average molecular weight is 628 g/mol. The van der Waals surface area contributed by atoms with Crippen LogP contribution in [0.3, 0.4) is 0 Å². The Morgan fingerprint density at radius 3 is 1.78 bits per heavy atom. The van der Waals surface area contributed by atoms with Crippen LogP contribution in [-0.4, -0.2) is 51.9 Å². The number of hydrogen-bond acceptors (Lipinski definition) is 4. The molecule has 3 N–H and O–H groups in total. The molecule has 2 amide bonds. The van der Waals surface area contributed by atoms with Crippen LogP contribution in [0.25, 0.3) is 0 Å². The highest BCUT2D eigenvalue weighted by molar-refractivity contribution is 7.58. The van der Waals surface area contributed by atoms with Crippen molar-refractivity contribution < 1.29 is 14.2 Å². The molecule has 6 atom stereocenters. The normalized spacial score (nSPS) is 25.2. The van der Waals surface area contributed by atoms with Crippen molar-refractivity contribution in [3.63, 3.8) is 0 Å². The third-order valence-electron chi connectivity index (χ3n) is 9.91. The standard InChI is InChI=1S/C36H46N5O3P/c1-26(29-17-8-4-9-18-29)40-33-22-12-13-23-34(33)41(27(2)30-19-10-5-11-20-30)45(40,44)39-36(43)32(25-28-15-6-3-7-16-28)38-35(42)31-21-14-24-37-31/h3-11,15-20,26-27,31-34,37H,12-14,21-25H2,1-2H3,(H,38,42)(H,39,43,44)/t26-,27-,31+,32+,33-,34-/m1/s1. The van der Waals surface area contributed by atoms with E-state index in [2.05, 4.69) is 63.2 Å². The summed E-state index contributed by atoms with van der Waals surface area (Å²) in [5.41, 5.74) is 3.05. The SMILES string of the molecule is C[C@H](c1ccccc1)N1[C@@H]2CCCC[C@H]2N([C@H](C)c2ccccc2)P1(=O)NC(=O)[C@H](Cc1ccccc1)NC(=O)[C@@H]1CCCN1. The molecule has 0 bridgehead atoms. The van der Waals surface area contributed by atoms with Crippen molar-refractivity contribution in [2.75, 3.05) is 6.54 Å². The van der Waals surface area contributed by atoms with Crippen LogP contribution >= 0.6 is 7.59 Å². The molecule has 238 valence electrons. The summed E-state index contributed by atoms with van der Waals surface area (Å²) in [5, 5.41) is 9.45. The topological polar surface area (TPSA) is 93.8 Å². The van der Waals surface area contributed by atoms with Crippen LogP contribution < -0.4 is 15.7 Å². The summed E-state index contributed by atoms with van der Waals surface area (Å²) in [6.07, 6.45) is 5.90. The lowest BCUT2D eigenvalue weighted by Crippen LogP contribution is -2.53. The molecule has 2 aliphatic heterocycles. The molecule has 2 heterocycles. The van der Waals surface area contributed by atoms with E-state index in [1.54, 1.807) is 0 Å². The number of rotatable bonds is 10. The van der Waals surface area contributed by atoms with Crippen molar-refractivity contribution in [1.29, 1.82) is 0 Å². The minimum absolute atomic E-state index is 0.0242. The van der Waals surface area contributed by atoms with Gasteiger partial charge in [-0.3, -0.25) is 19.2 Å². The van der Waals surface area contributed by atoms with Gasteiger partial charge in [0.2, 0.25) is 11.8 Å². The summed E-state index contributed by atoms with van der Waals surface area (Å²) in [4.78, 5) is 27.8. The zero-order valence-electron chi connectivity index (χ0n) is 26.3. The van der Waals surface area contributed by atoms with E-state index in [0.717, 1.165) is 61.8 Å². The second-order valence-electron chi connectivity index (χ2n) is 12.8. The summed E-state index contributed by atoms with van der Waals surface area (Å²) < 4.78 is 20.2. The molecule has 3 fully saturated rings. The van der Waals surface area contributed by atoms with Crippen LogP contribution in [0.5, 0.6) is 0 Å². The molecule has 0 unspecified atom stereocenters. The maximum Gasteiger partial charge on any atom is 0.312 e. The summed E-state index contributed by atoms with van der Waals surface area (Å²) in [6.45, 7) is 4.99. The second-order valence-corrected chi connectivity index (χ2v) is 15.0. The highest BCUT2D eigenvalue weighted by Crippen LogP contribution is 2.66. The first-order chi connectivity index (χ1) is 21.9. The predicted octanol–water partition coefficient (Wildman–Crippen LogP) is 6.14. The van der Waals surface area contributed by atoms with Gasteiger partial charge in [0.05, 0.1) is 6.04 Å². The molecule has 45 heavy (non-hydrogen) atoms. The Balaban J connectivity index is 1.39. The van der Waals surface area contributed by atoms with Gasteiger partial charge in [-0.1, -0.05) is 104 Å². The van der Waals surface area contributed by atoms with Gasteiger partial charge < -0.3 is 10.6 Å². The first-order valence-corrected chi connectivity index (χ1v) is 18.2. The molecule has 0 spiro atoms. The van der Waals surface area contributed by atoms with Crippen LogP contribution in [-0.2, 0) is 20.6 Å². The van der Waals surface area contributed by atoms with Crippen LogP contribution in [0.2, 0.25) is 0 Å². The average Bonchev–Trinajstić information content (AvgIpc) is 3.70. The van der Waals surface area contributed by atoms with Gasteiger partial charge in [0.1, 0.15) is 6.04 Å². The third kappa shape index (κ3) is 6.66. The lowest BCUT2D eigenvalue weighted by molar-refractivity contribution is -0.129. The number of nitrogens with one attached hydrogen (secondary N) is 3. The Labute approximate surface area is 267 Å². The van der Waals surface area contributed by atoms with Gasteiger partial charge in [-0.25, -0.2) is 9.34 Å². The predicted molar refractivity (Wildman–Crippen MR) is 178 cm³/mol. The molecule has 3 aromatic rings. The van der Waals surface area contributed by atoms with Gasteiger partial charge in [0.25, 0.3) is 0 Å². The van der Waals surface area contributed by atoms with Gasteiger partial charge in [0.15, 0.2) is 0 Å². The van der Waals surface area contributed by atoms with Gasteiger partial charge in [-0.15, -0.1) is 0 Å². The Hall–Kier alpha value is -3.29. The molecular formula is C36H46N5O3P. The first kappa shape index (κ1) is 31.7. The maximum absolute atomic E-state index is 16.0. The highest BCUT2D eigenvalue weighted by atomic mass is 31.2. The van der Waals surface area contributed by atoms with E-state index in [9.17, 15) is 9.59 Å². The molecular weight excluding hydrogens is 581 g/mol. The van der Waals surface area contributed by atoms with Crippen molar-refractivity contribution in [3.8, 4) is 0 Å². The fraction of sp³-hybridized carbons (Fsp3) is 0.444. The Kier molecular flexibility index (Phi) is 9.86. The largest absolute Gasteiger partial charge is 0.343 e. The number of carbonyl (C=O) groups is 2. The monoisotopic (exact) mass is 627 g/mol. The van der Waals surface area contributed by atoms with Gasteiger partial charge in [-0.05, 0) is 62.8 Å². The fourth-order valence-electron chi connectivity index (χ4n) is 7.62. The summed E-state index contributed by atoms with van der Waals surface area (Å²) in [5.74, 6) is -0.603. The fourth-order valence-corrected chi connectivity index (χ4v) is 11.1. The first-order valence-electron chi connectivity index (χ1n) is 16.5. The van der Waals surface area contributed by atoms with Crippen LogP contribution in [0.1, 0.15) is 81.1 Å². The quantitative estimate of drug-likeness (QED) is 0.234. The second kappa shape index (κ2) is 14.0. The molecule has 2 saturated heterocycles. The number of benzene rings is 3. The van der Waals surface area contributed by atoms with E-state index in [0.29, 0.717) is 6.42 Å². The van der Waals surface area contributed by atoms with Gasteiger partial charge >= 0.3 is 7.59 Å². The molecule has 6 rings (SSSR count). The van der Waals surface area contributed by atoms with Crippen molar-refractivity contribution >= 4 is 19.4 Å². The molecule has 0 radical (unpaired) electrons. The Morgan fingerprint density at radius 2 is 1.29 bits per heavy atom. The highest BCUT2D eigenvalue weighted by Gasteiger charge is 2.59. The zero-order chi connectivity index (χ0) is 31.4. The molecule has 1 saturated carbocycles. The minimum atomic E-state index is -3.72. The van der Waals surface area contributed by atoms with E-state index in [1.165, 1.54) is 0 Å². The van der Waals surface area contributed by atoms with Crippen LogP contribution in [0.15, 0.2) is 91.0 Å². The smallest absolute Gasteiger partial charge is 0.312 e. The summed E-state index contributed by atoms with van der Waals surface area (Å²) >= 11 is 0. The number of nitrogens with zero attached hydrogens (tertiary/aromatic N) is 2. The number of hydrogen-bond donors (Lipinski definition) is 3. The van der Waals surface area contributed by atoms with Crippen molar-refractivity contribution in [1.82, 2.24) is 25.1 Å². The zero-order valence-corrected chi connectivity index (χ0v) is 27.2. The van der Waals surface area contributed by atoms with E-state index in [1.807, 2.05) is 66.7 Å². The molecule has 3 aromatic carbocycles. The summed E-state index contributed by atoms with van der Waals surface area (Å²) in [7, 11) is -3.72. The Bertz CT molecular complexity index is 1420. The van der Waals surface area contributed by atoms with Gasteiger partial charge in [-0.2, -0.15) is 0 Å². The number of carbonyl (C=O) groups excluding carboxylic acids is 2. The maximum atomic E-state index is 16.0. The lowest BCUT2D eigenvalue weighted by atomic mass is 9.88. The van der Waals surface area contributed by atoms with E-state index >= 15 is 4.57 Å². The number of fused-ring (bicyclic) bond motifs is 1. The van der Waals surface area contributed by atoms with Crippen molar-refractivity contribution in [2.45, 2.75) is 95.0 Å². The molecule has 9 heteroatoms. The van der Waals surface area contributed by atoms with Crippen molar-refractivity contribution in [3.05, 3.63) is 108 Å². The number of amides is 2. The van der Waals surface area contributed by atoms with Crippen molar-refractivity contribution in [2.24, 2.45) is 0 Å². The van der Waals surface area contributed by atoms with E-state index in [-0.39, 0.29) is 36.1 Å². The molecule has 3 aliphatic rings. The summed E-state index contributed by atoms with van der Waals surface area (Å²) in [6, 6.07) is 28.5. The van der Waals surface area contributed by atoms with E-state index < -0.39 is 19.5 Å².